The van der Waals surface area contributed by atoms with Crippen LogP contribution < -0.4 is 5.32 Å². The summed E-state index contributed by atoms with van der Waals surface area (Å²) in [4.78, 5) is 15.0. The quantitative estimate of drug-likeness (QED) is 0.688. The van der Waals surface area contributed by atoms with Crippen LogP contribution in [0, 0.1) is 11.8 Å². The summed E-state index contributed by atoms with van der Waals surface area (Å²) in [6.07, 6.45) is 11.6. The molecule has 1 heterocycles. The van der Waals surface area contributed by atoms with Gasteiger partial charge < -0.3 is 4.90 Å². The maximum atomic E-state index is 12.8. The van der Waals surface area contributed by atoms with Gasteiger partial charge in [0.15, 0.2) is 0 Å². The van der Waals surface area contributed by atoms with E-state index < -0.39 is 0 Å². The molecule has 3 unspecified atom stereocenters. The molecule has 0 radical (unpaired) electrons. The molecular formula is C18H34N2O. The lowest BCUT2D eigenvalue weighted by Crippen LogP contribution is -2.43. The van der Waals surface area contributed by atoms with Gasteiger partial charge in [0.05, 0.1) is 12.2 Å². The van der Waals surface area contributed by atoms with Crippen LogP contribution in [0.3, 0.4) is 0 Å². The molecule has 2 aliphatic rings. The third-order valence-electron chi connectivity index (χ3n) is 5.55. The molecule has 1 amide bonds. The molecule has 3 atom stereocenters. The molecule has 0 aromatic heterocycles. The van der Waals surface area contributed by atoms with Crippen LogP contribution >= 0.6 is 0 Å². The zero-order chi connectivity index (χ0) is 15.2. The molecule has 122 valence electrons. The van der Waals surface area contributed by atoms with Gasteiger partial charge in [0.2, 0.25) is 5.91 Å². The van der Waals surface area contributed by atoms with Crippen molar-refractivity contribution >= 4 is 5.91 Å². The third-order valence-corrected chi connectivity index (χ3v) is 5.55. The zero-order valence-corrected chi connectivity index (χ0v) is 14.2. The third kappa shape index (κ3) is 4.00. The summed E-state index contributed by atoms with van der Waals surface area (Å²) in [6, 6.07) is 0.0618. The number of nitrogens with one attached hydrogen (secondary N) is 1. The van der Waals surface area contributed by atoms with Crippen LogP contribution in [0.1, 0.15) is 78.6 Å². The monoisotopic (exact) mass is 294 g/mol. The number of hydrogen-bond acceptors (Lipinski definition) is 2. The summed E-state index contributed by atoms with van der Waals surface area (Å²) < 4.78 is 0. The Kier molecular flexibility index (Phi) is 6.53. The van der Waals surface area contributed by atoms with Gasteiger partial charge in [-0.2, -0.15) is 0 Å². The van der Waals surface area contributed by atoms with Crippen LogP contribution in [0.4, 0.5) is 0 Å². The molecular weight excluding hydrogens is 260 g/mol. The van der Waals surface area contributed by atoms with Crippen LogP contribution in [0.15, 0.2) is 0 Å². The molecule has 2 fully saturated rings. The Labute approximate surface area is 130 Å². The predicted octanol–water partition coefficient (Wildman–Crippen LogP) is 3.93. The lowest BCUT2D eigenvalue weighted by molar-refractivity contribution is -0.131. The van der Waals surface area contributed by atoms with Crippen molar-refractivity contribution in [3.05, 3.63) is 0 Å². The van der Waals surface area contributed by atoms with E-state index in [0.29, 0.717) is 23.9 Å². The second kappa shape index (κ2) is 8.17. The first-order chi connectivity index (χ1) is 10.2. The summed E-state index contributed by atoms with van der Waals surface area (Å²) in [5.41, 5.74) is 0. The Morgan fingerprint density at radius 2 is 1.90 bits per heavy atom. The first-order valence-electron chi connectivity index (χ1n) is 9.25. The molecule has 3 nitrogen and oxygen atoms in total. The van der Waals surface area contributed by atoms with E-state index in [0.717, 1.165) is 19.4 Å². The fraction of sp³-hybridized carbons (Fsp3) is 0.944. The van der Waals surface area contributed by atoms with Crippen molar-refractivity contribution < 1.29 is 4.79 Å². The van der Waals surface area contributed by atoms with Gasteiger partial charge >= 0.3 is 0 Å². The van der Waals surface area contributed by atoms with Crippen LogP contribution in [0.2, 0.25) is 0 Å². The highest BCUT2D eigenvalue weighted by atomic mass is 16.2. The van der Waals surface area contributed by atoms with Crippen molar-refractivity contribution in [1.29, 1.82) is 0 Å². The average molecular weight is 294 g/mol. The molecule has 1 N–H and O–H groups in total. The smallest absolute Gasteiger partial charge is 0.241 e. The van der Waals surface area contributed by atoms with E-state index in [1.54, 1.807) is 0 Å². The topological polar surface area (TPSA) is 32.3 Å². The van der Waals surface area contributed by atoms with Gasteiger partial charge in [0.1, 0.15) is 0 Å². The molecule has 0 bridgehead atoms. The second-order valence-corrected chi connectivity index (χ2v) is 7.11. The number of carbonyl (C=O) groups is 1. The number of amides is 1. The molecule has 2 rings (SSSR count). The largest absolute Gasteiger partial charge is 0.326 e. The summed E-state index contributed by atoms with van der Waals surface area (Å²) in [5, 5.41) is 3.70. The van der Waals surface area contributed by atoms with Crippen LogP contribution in [0.5, 0.6) is 0 Å². The number of hydrogen-bond donors (Lipinski definition) is 1. The molecule has 1 saturated carbocycles. The lowest BCUT2D eigenvalue weighted by Gasteiger charge is -2.29. The van der Waals surface area contributed by atoms with Gasteiger partial charge in [-0.25, -0.2) is 0 Å². The Bertz CT molecular complexity index is 325. The predicted molar refractivity (Wildman–Crippen MR) is 88.0 cm³/mol. The first-order valence-corrected chi connectivity index (χ1v) is 9.25. The van der Waals surface area contributed by atoms with Gasteiger partial charge in [-0.05, 0) is 31.1 Å². The lowest BCUT2D eigenvalue weighted by atomic mass is 9.99. The summed E-state index contributed by atoms with van der Waals surface area (Å²) in [5.74, 6) is 1.51. The maximum Gasteiger partial charge on any atom is 0.241 e. The van der Waals surface area contributed by atoms with Crippen LogP contribution in [0.25, 0.3) is 0 Å². The van der Waals surface area contributed by atoms with Gasteiger partial charge in [0, 0.05) is 6.54 Å². The van der Waals surface area contributed by atoms with Gasteiger partial charge in [0.25, 0.3) is 0 Å². The standard InChI is InChI=1S/C18H34N2O/c1-4-6-7-10-13-20-17(15-11-8-9-12-15)19-16(18(20)21)14(3)5-2/h14-17,19H,4-13H2,1-3H3. The van der Waals surface area contributed by atoms with Crippen molar-refractivity contribution in [3.63, 3.8) is 0 Å². The first kappa shape index (κ1) is 16.8. The zero-order valence-electron chi connectivity index (χ0n) is 14.2. The Balaban J connectivity index is 1.98. The SMILES string of the molecule is CCCCCCN1C(=O)C(C(C)CC)NC1C1CCCC1. The van der Waals surface area contributed by atoms with E-state index in [9.17, 15) is 4.79 Å². The Morgan fingerprint density at radius 1 is 1.19 bits per heavy atom. The minimum atomic E-state index is 0.0618. The maximum absolute atomic E-state index is 12.8. The molecule has 0 spiro atoms. The fourth-order valence-corrected chi connectivity index (χ4v) is 3.93. The van der Waals surface area contributed by atoms with Crippen molar-refractivity contribution in [2.75, 3.05) is 6.54 Å². The van der Waals surface area contributed by atoms with E-state index in [2.05, 4.69) is 31.0 Å². The van der Waals surface area contributed by atoms with E-state index in [1.165, 1.54) is 44.9 Å². The summed E-state index contributed by atoms with van der Waals surface area (Å²) >= 11 is 0. The van der Waals surface area contributed by atoms with Gasteiger partial charge in [-0.1, -0.05) is 59.3 Å². The molecule has 1 aliphatic heterocycles. The second-order valence-electron chi connectivity index (χ2n) is 7.11. The highest BCUT2D eigenvalue weighted by Crippen LogP contribution is 2.33. The molecule has 21 heavy (non-hydrogen) atoms. The molecule has 1 aliphatic carbocycles. The molecule has 0 aromatic rings. The minimum Gasteiger partial charge on any atom is -0.326 e. The van der Waals surface area contributed by atoms with E-state index in [4.69, 9.17) is 0 Å². The van der Waals surface area contributed by atoms with E-state index in [-0.39, 0.29) is 6.04 Å². The highest BCUT2D eigenvalue weighted by Gasteiger charge is 2.44. The van der Waals surface area contributed by atoms with Crippen LogP contribution in [-0.2, 0) is 4.79 Å². The molecule has 0 aromatic carbocycles. The normalized spacial score (nSPS) is 28.5. The number of nitrogens with zero attached hydrogens (tertiary/aromatic N) is 1. The molecule has 3 heteroatoms. The van der Waals surface area contributed by atoms with E-state index in [1.807, 2.05) is 0 Å². The van der Waals surface area contributed by atoms with Gasteiger partial charge in [-0.3, -0.25) is 10.1 Å². The Morgan fingerprint density at radius 3 is 2.52 bits per heavy atom. The van der Waals surface area contributed by atoms with Gasteiger partial charge in [-0.15, -0.1) is 0 Å². The summed E-state index contributed by atoms with van der Waals surface area (Å²) in [7, 11) is 0. The number of rotatable bonds is 8. The average Bonchev–Trinajstić information content (AvgIpc) is 3.11. The Hall–Kier alpha value is -0.570. The number of unbranched alkanes of at least 4 members (excludes halogenated alkanes) is 3. The van der Waals surface area contributed by atoms with Crippen molar-refractivity contribution in [3.8, 4) is 0 Å². The highest BCUT2D eigenvalue weighted by molar-refractivity contribution is 5.84. The number of carbonyl (C=O) groups excluding carboxylic acids is 1. The molecule has 1 saturated heterocycles. The summed E-state index contributed by atoms with van der Waals surface area (Å²) in [6.45, 7) is 7.60. The van der Waals surface area contributed by atoms with Crippen LogP contribution in [-0.4, -0.2) is 29.6 Å². The van der Waals surface area contributed by atoms with Crippen molar-refractivity contribution in [1.82, 2.24) is 10.2 Å². The minimum absolute atomic E-state index is 0.0618. The fourth-order valence-electron chi connectivity index (χ4n) is 3.93. The van der Waals surface area contributed by atoms with E-state index >= 15 is 0 Å². The van der Waals surface area contributed by atoms with Crippen molar-refractivity contribution in [2.45, 2.75) is 90.8 Å². The van der Waals surface area contributed by atoms with Crippen molar-refractivity contribution in [2.24, 2.45) is 11.8 Å².